The van der Waals surface area contributed by atoms with Gasteiger partial charge in [-0.1, -0.05) is 0 Å². The fourth-order valence-corrected chi connectivity index (χ4v) is 1.87. The van der Waals surface area contributed by atoms with Crippen molar-refractivity contribution >= 4 is 11.8 Å². The minimum Gasteiger partial charge on any atom is -0.370 e. The molecule has 5 nitrogen and oxygen atoms in total. The van der Waals surface area contributed by atoms with Gasteiger partial charge in [-0.25, -0.2) is 0 Å². The minimum absolute atomic E-state index is 0.000783. The van der Waals surface area contributed by atoms with E-state index in [1.165, 1.54) is 6.92 Å². The smallest absolute Gasteiger partial charge is 0.220 e. The van der Waals surface area contributed by atoms with Gasteiger partial charge < -0.3 is 15.4 Å². The zero-order chi connectivity index (χ0) is 11.6. The van der Waals surface area contributed by atoms with Crippen LogP contribution in [0.2, 0.25) is 0 Å². The van der Waals surface area contributed by atoms with Gasteiger partial charge in [0.25, 0.3) is 0 Å². The second-order valence-corrected chi connectivity index (χ2v) is 4.57. The van der Waals surface area contributed by atoms with Crippen molar-refractivity contribution in [1.29, 1.82) is 0 Å². The van der Waals surface area contributed by atoms with Crippen LogP contribution in [-0.2, 0) is 14.3 Å². The first-order chi connectivity index (χ1) is 6.80. The number of hydrogen-bond acceptors (Lipinski definition) is 3. The van der Waals surface area contributed by atoms with Crippen LogP contribution in [-0.4, -0.2) is 41.5 Å². The molecule has 0 bridgehead atoms. The second-order valence-electron chi connectivity index (χ2n) is 4.57. The number of hydrogen-bond donors (Lipinski definition) is 1. The highest BCUT2D eigenvalue weighted by Gasteiger charge is 2.34. The first kappa shape index (κ1) is 12.0. The van der Waals surface area contributed by atoms with Crippen molar-refractivity contribution in [2.24, 2.45) is 5.73 Å². The lowest BCUT2D eigenvalue weighted by molar-refractivity contribution is -0.162. The third-order valence-corrected chi connectivity index (χ3v) is 2.36. The van der Waals surface area contributed by atoms with Crippen molar-refractivity contribution in [2.75, 3.05) is 13.1 Å². The molecule has 86 valence electrons. The number of rotatable bonds is 2. The van der Waals surface area contributed by atoms with E-state index in [4.69, 9.17) is 10.5 Å². The van der Waals surface area contributed by atoms with E-state index >= 15 is 0 Å². The van der Waals surface area contributed by atoms with Crippen LogP contribution in [0.5, 0.6) is 0 Å². The molecule has 1 aliphatic heterocycles. The highest BCUT2D eigenvalue weighted by molar-refractivity contribution is 5.75. The molecular formula is C10H18N2O3. The fraction of sp³-hybridized carbons (Fsp3) is 0.800. The van der Waals surface area contributed by atoms with Gasteiger partial charge in [0.15, 0.2) is 0 Å². The lowest BCUT2D eigenvalue weighted by atomic mass is 10.0. The molecule has 1 unspecified atom stereocenters. The van der Waals surface area contributed by atoms with Crippen LogP contribution in [0.1, 0.15) is 27.2 Å². The Kier molecular flexibility index (Phi) is 3.34. The van der Waals surface area contributed by atoms with Crippen LogP contribution in [0.25, 0.3) is 0 Å². The molecule has 0 aromatic heterocycles. The van der Waals surface area contributed by atoms with E-state index in [1.807, 2.05) is 13.8 Å². The van der Waals surface area contributed by atoms with Gasteiger partial charge in [0, 0.05) is 20.0 Å². The maximum absolute atomic E-state index is 11.3. The summed E-state index contributed by atoms with van der Waals surface area (Å²) in [5.74, 6) is -0.401. The number of carbonyl (C=O) groups excluding carboxylic acids is 2. The number of nitrogens with zero attached hydrogens (tertiary/aromatic N) is 1. The molecule has 0 aromatic carbocycles. The van der Waals surface area contributed by atoms with Crippen LogP contribution >= 0.6 is 0 Å². The van der Waals surface area contributed by atoms with E-state index in [0.717, 1.165) is 0 Å². The Balaban J connectivity index is 2.67. The second kappa shape index (κ2) is 4.18. The average molecular weight is 214 g/mol. The van der Waals surface area contributed by atoms with Crippen molar-refractivity contribution in [1.82, 2.24) is 4.90 Å². The summed E-state index contributed by atoms with van der Waals surface area (Å²) in [6.07, 6.45) is -0.122. The third-order valence-electron chi connectivity index (χ3n) is 2.36. The number of ether oxygens (including phenoxy) is 1. The van der Waals surface area contributed by atoms with Gasteiger partial charge in [0.1, 0.15) is 0 Å². The number of carbonyl (C=O) groups is 2. The summed E-state index contributed by atoms with van der Waals surface area (Å²) in [6.45, 7) is 6.31. The Morgan fingerprint density at radius 2 is 2.13 bits per heavy atom. The maximum atomic E-state index is 11.3. The van der Waals surface area contributed by atoms with E-state index < -0.39 is 11.5 Å². The van der Waals surface area contributed by atoms with Crippen molar-refractivity contribution in [3.63, 3.8) is 0 Å². The summed E-state index contributed by atoms with van der Waals surface area (Å²) < 4.78 is 5.67. The molecular weight excluding hydrogens is 196 g/mol. The van der Waals surface area contributed by atoms with Gasteiger partial charge in [-0.2, -0.15) is 0 Å². The molecule has 0 aliphatic carbocycles. The average Bonchev–Trinajstić information content (AvgIpc) is 1.98. The molecule has 0 radical (unpaired) electrons. The van der Waals surface area contributed by atoms with Crippen LogP contribution in [0.4, 0.5) is 0 Å². The monoisotopic (exact) mass is 214 g/mol. The van der Waals surface area contributed by atoms with Crippen LogP contribution in [0, 0.1) is 0 Å². The standard InChI is InChI=1S/C10H18N2O3/c1-7(13)12-5-8(4-9(11)14)15-10(2,3)6-12/h8H,4-6H2,1-3H3,(H2,11,14). The summed E-state index contributed by atoms with van der Waals surface area (Å²) in [7, 11) is 0. The largest absolute Gasteiger partial charge is 0.370 e. The molecule has 2 N–H and O–H groups in total. The first-order valence-electron chi connectivity index (χ1n) is 5.02. The molecule has 1 aliphatic rings. The van der Waals surface area contributed by atoms with Gasteiger partial charge >= 0.3 is 0 Å². The molecule has 2 amide bonds. The zero-order valence-electron chi connectivity index (χ0n) is 9.45. The number of primary amides is 1. The predicted molar refractivity (Wildman–Crippen MR) is 55.0 cm³/mol. The van der Waals surface area contributed by atoms with E-state index in [9.17, 15) is 9.59 Å². The molecule has 1 rings (SSSR count). The van der Waals surface area contributed by atoms with E-state index in [1.54, 1.807) is 4.90 Å². The lowest BCUT2D eigenvalue weighted by Crippen LogP contribution is -2.54. The van der Waals surface area contributed by atoms with E-state index in [0.29, 0.717) is 13.1 Å². The zero-order valence-corrected chi connectivity index (χ0v) is 9.45. The van der Waals surface area contributed by atoms with Crippen LogP contribution < -0.4 is 5.73 Å². The van der Waals surface area contributed by atoms with Crippen molar-refractivity contribution in [3.05, 3.63) is 0 Å². The molecule has 1 fully saturated rings. The Labute approximate surface area is 89.6 Å². The van der Waals surface area contributed by atoms with Crippen LogP contribution in [0.3, 0.4) is 0 Å². The van der Waals surface area contributed by atoms with Gasteiger partial charge in [-0.05, 0) is 13.8 Å². The van der Waals surface area contributed by atoms with Gasteiger partial charge in [0.05, 0.1) is 18.1 Å². The summed E-state index contributed by atoms with van der Waals surface area (Å²) in [4.78, 5) is 23.8. The van der Waals surface area contributed by atoms with Crippen molar-refractivity contribution in [3.8, 4) is 0 Å². The number of nitrogens with two attached hydrogens (primary N) is 1. The molecule has 0 spiro atoms. The highest BCUT2D eigenvalue weighted by atomic mass is 16.5. The number of morpholine rings is 1. The van der Waals surface area contributed by atoms with E-state index in [-0.39, 0.29) is 18.4 Å². The fourth-order valence-electron chi connectivity index (χ4n) is 1.87. The van der Waals surface area contributed by atoms with Crippen LogP contribution in [0.15, 0.2) is 0 Å². The first-order valence-corrected chi connectivity index (χ1v) is 5.02. The topological polar surface area (TPSA) is 72.6 Å². The lowest BCUT2D eigenvalue weighted by Gasteiger charge is -2.42. The van der Waals surface area contributed by atoms with Crippen molar-refractivity contribution < 1.29 is 14.3 Å². The van der Waals surface area contributed by atoms with Gasteiger partial charge in [-0.15, -0.1) is 0 Å². The summed E-state index contributed by atoms with van der Waals surface area (Å²) in [6, 6.07) is 0. The minimum atomic E-state index is -0.413. The van der Waals surface area contributed by atoms with Gasteiger partial charge in [-0.3, -0.25) is 9.59 Å². The summed E-state index contributed by atoms with van der Waals surface area (Å²) >= 11 is 0. The quantitative estimate of drug-likeness (QED) is 0.697. The molecule has 1 atom stereocenters. The van der Waals surface area contributed by atoms with Crippen molar-refractivity contribution in [2.45, 2.75) is 38.9 Å². The molecule has 1 saturated heterocycles. The Hall–Kier alpha value is -1.10. The number of amides is 2. The Bertz CT molecular complexity index is 276. The highest BCUT2D eigenvalue weighted by Crippen LogP contribution is 2.22. The van der Waals surface area contributed by atoms with E-state index in [2.05, 4.69) is 0 Å². The molecule has 15 heavy (non-hydrogen) atoms. The normalized spacial score (nSPS) is 25.0. The Morgan fingerprint density at radius 3 is 2.60 bits per heavy atom. The molecule has 5 heteroatoms. The third kappa shape index (κ3) is 3.51. The molecule has 0 saturated carbocycles. The molecule has 1 heterocycles. The SMILES string of the molecule is CC(=O)N1CC(CC(N)=O)OC(C)(C)C1. The maximum Gasteiger partial charge on any atom is 0.220 e. The summed E-state index contributed by atoms with van der Waals surface area (Å²) in [5.41, 5.74) is 4.70. The summed E-state index contributed by atoms with van der Waals surface area (Å²) in [5, 5.41) is 0. The predicted octanol–water partition coefficient (Wildman–Crippen LogP) is -0.112. The Morgan fingerprint density at radius 1 is 1.53 bits per heavy atom. The molecule has 0 aromatic rings. The van der Waals surface area contributed by atoms with Gasteiger partial charge in [0.2, 0.25) is 11.8 Å².